The quantitative estimate of drug-likeness (QED) is 0.895. The summed E-state index contributed by atoms with van der Waals surface area (Å²) >= 11 is 0. The minimum absolute atomic E-state index is 0.0103. The van der Waals surface area contributed by atoms with Crippen LogP contribution >= 0.6 is 0 Å². The monoisotopic (exact) mass is 330 g/mol. The fourth-order valence-electron chi connectivity index (χ4n) is 2.71. The lowest BCUT2D eigenvalue weighted by Crippen LogP contribution is -2.46. The highest BCUT2D eigenvalue weighted by atomic mass is 32.2. The second-order valence-electron chi connectivity index (χ2n) is 5.65. The second-order valence-corrected chi connectivity index (χ2v) is 7.69. The largest absolute Gasteiger partial charge is 0.388 e. The minimum Gasteiger partial charge on any atom is -0.388 e. The molecule has 1 aliphatic heterocycles. The first-order valence-electron chi connectivity index (χ1n) is 7.51. The molecule has 1 aliphatic rings. The zero-order valence-electron chi connectivity index (χ0n) is 12.9. The molecule has 0 saturated carbocycles. The van der Waals surface area contributed by atoms with Crippen LogP contribution < -0.4 is 0 Å². The number of rotatable bonds is 5. The van der Waals surface area contributed by atoms with E-state index >= 15 is 0 Å². The lowest BCUT2D eigenvalue weighted by atomic mass is 9.88. The van der Waals surface area contributed by atoms with Crippen LogP contribution in [0, 0.1) is 11.7 Å². The Morgan fingerprint density at radius 1 is 1.32 bits per heavy atom. The highest BCUT2D eigenvalue weighted by Crippen LogP contribution is 2.31. The van der Waals surface area contributed by atoms with Crippen LogP contribution in [-0.2, 0) is 10.2 Å². The zero-order chi connectivity index (χ0) is 16.3. The third kappa shape index (κ3) is 3.65. The molecule has 124 valence electrons. The van der Waals surface area contributed by atoms with E-state index in [9.17, 15) is 17.9 Å². The summed E-state index contributed by atoms with van der Waals surface area (Å²) in [6, 6.07) is 5.81. The average Bonchev–Trinajstić information content (AvgIpc) is 2.54. The number of aliphatic hydroxyl groups excluding tert-OH is 1. The normalized spacial score (nSPS) is 19.5. The van der Waals surface area contributed by atoms with Gasteiger partial charge in [0.05, 0.1) is 6.10 Å². The summed E-state index contributed by atoms with van der Waals surface area (Å²) in [4.78, 5) is 0. The Bertz CT molecular complexity index is 583. The molecule has 1 aromatic carbocycles. The van der Waals surface area contributed by atoms with Gasteiger partial charge in [0, 0.05) is 26.7 Å². The number of benzene rings is 1. The Morgan fingerprint density at radius 3 is 2.36 bits per heavy atom. The zero-order valence-corrected chi connectivity index (χ0v) is 13.8. The molecule has 1 heterocycles. The van der Waals surface area contributed by atoms with Gasteiger partial charge in [0.2, 0.25) is 0 Å². The van der Waals surface area contributed by atoms with Crippen molar-refractivity contribution in [3.05, 3.63) is 35.6 Å². The van der Waals surface area contributed by atoms with Gasteiger partial charge in [-0.15, -0.1) is 0 Å². The Morgan fingerprint density at radius 2 is 1.86 bits per heavy atom. The van der Waals surface area contributed by atoms with E-state index in [1.54, 1.807) is 26.1 Å². The van der Waals surface area contributed by atoms with E-state index in [2.05, 4.69) is 0 Å². The van der Waals surface area contributed by atoms with E-state index in [1.807, 2.05) is 0 Å². The Kier molecular flexibility index (Phi) is 5.55. The Balaban J connectivity index is 1.98. The van der Waals surface area contributed by atoms with Crippen LogP contribution in [0.4, 0.5) is 4.39 Å². The van der Waals surface area contributed by atoms with E-state index in [0.29, 0.717) is 38.0 Å². The molecule has 0 aliphatic carbocycles. The van der Waals surface area contributed by atoms with Gasteiger partial charge in [0.1, 0.15) is 5.82 Å². The first-order valence-corrected chi connectivity index (χ1v) is 8.91. The van der Waals surface area contributed by atoms with Crippen LogP contribution in [0.3, 0.4) is 0 Å². The third-order valence-electron chi connectivity index (χ3n) is 4.32. The predicted octanol–water partition coefficient (Wildman–Crippen LogP) is 1.77. The maximum atomic E-state index is 12.9. The molecule has 1 aromatic rings. The predicted molar refractivity (Wildman–Crippen MR) is 82.9 cm³/mol. The van der Waals surface area contributed by atoms with Crippen molar-refractivity contribution in [1.29, 1.82) is 0 Å². The molecule has 2 rings (SSSR count). The van der Waals surface area contributed by atoms with Crippen molar-refractivity contribution in [3.8, 4) is 0 Å². The highest BCUT2D eigenvalue weighted by molar-refractivity contribution is 7.86. The number of halogens is 1. The van der Waals surface area contributed by atoms with Crippen LogP contribution in [0.2, 0.25) is 0 Å². The van der Waals surface area contributed by atoms with Gasteiger partial charge in [0.15, 0.2) is 0 Å². The van der Waals surface area contributed by atoms with Crippen LogP contribution in [0.5, 0.6) is 0 Å². The highest BCUT2D eigenvalue weighted by Gasteiger charge is 2.33. The van der Waals surface area contributed by atoms with Crippen molar-refractivity contribution in [2.24, 2.45) is 5.92 Å². The van der Waals surface area contributed by atoms with Gasteiger partial charge < -0.3 is 5.11 Å². The summed E-state index contributed by atoms with van der Waals surface area (Å²) in [7, 11) is -1.83. The fourth-order valence-corrected chi connectivity index (χ4v) is 4.11. The number of piperidine rings is 1. The summed E-state index contributed by atoms with van der Waals surface area (Å²) in [5.41, 5.74) is 0.674. The summed E-state index contributed by atoms with van der Waals surface area (Å²) in [5.74, 6) is -0.344. The Labute approximate surface area is 131 Å². The molecule has 1 saturated heterocycles. The third-order valence-corrected chi connectivity index (χ3v) is 6.39. The maximum Gasteiger partial charge on any atom is 0.281 e. The van der Waals surface area contributed by atoms with Crippen molar-refractivity contribution in [2.45, 2.75) is 25.9 Å². The molecule has 0 amide bonds. The minimum atomic E-state index is -3.40. The fraction of sp³-hybridized carbons (Fsp3) is 0.600. The summed E-state index contributed by atoms with van der Waals surface area (Å²) in [5, 5.41) is 10.4. The lowest BCUT2D eigenvalue weighted by Gasteiger charge is -2.35. The molecular weight excluding hydrogens is 307 g/mol. The molecule has 0 radical (unpaired) electrons. The molecule has 1 N–H and O–H groups in total. The number of aliphatic hydroxyl groups is 1. The van der Waals surface area contributed by atoms with Crippen molar-refractivity contribution in [2.75, 3.05) is 26.7 Å². The first kappa shape index (κ1) is 17.3. The number of hydrogen-bond acceptors (Lipinski definition) is 3. The average molecular weight is 330 g/mol. The van der Waals surface area contributed by atoms with Gasteiger partial charge in [-0.2, -0.15) is 17.0 Å². The van der Waals surface area contributed by atoms with Gasteiger partial charge in [-0.05, 0) is 36.5 Å². The summed E-state index contributed by atoms with van der Waals surface area (Å²) in [6.45, 7) is 3.02. The van der Waals surface area contributed by atoms with Crippen molar-refractivity contribution in [3.63, 3.8) is 0 Å². The molecule has 22 heavy (non-hydrogen) atoms. The number of hydrogen-bond donors (Lipinski definition) is 1. The van der Waals surface area contributed by atoms with Crippen LogP contribution in [0.15, 0.2) is 24.3 Å². The molecule has 0 bridgehead atoms. The molecular formula is C15H23FN2O3S. The Hall–Kier alpha value is -1.02. The van der Waals surface area contributed by atoms with Crippen molar-refractivity contribution >= 4 is 10.2 Å². The first-order chi connectivity index (χ1) is 10.4. The van der Waals surface area contributed by atoms with Gasteiger partial charge in [-0.1, -0.05) is 19.1 Å². The molecule has 1 fully saturated rings. The van der Waals surface area contributed by atoms with Gasteiger partial charge in [-0.3, -0.25) is 0 Å². The molecule has 1 atom stereocenters. The summed E-state index contributed by atoms with van der Waals surface area (Å²) < 4.78 is 40.2. The standard InChI is InChI=1S/C15H23FN2O3S/c1-3-17(2)22(20,21)18-10-8-13(9-11-18)15(19)12-4-6-14(16)7-5-12/h4-7,13,15,19H,3,8-11H2,1-2H3/t15-/m1/s1. The second kappa shape index (κ2) is 7.04. The van der Waals surface area contributed by atoms with Gasteiger partial charge >= 0.3 is 0 Å². The smallest absolute Gasteiger partial charge is 0.281 e. The van der Waals surface area contributed by atoms with E-state index in [-0.39, 0.29) is 11.7 Å². The van der Waals surface area contributed by atoms with Crippen molar-refractivity contribution in [1.82, 2.24) is 8.61 Å². The number of nitrogens with zero attached hydrogens (tertiary/aromatic N) is 2. The summed E-state index contributed by atoms with van der Waals surface area (Å²) in [6.07, 6.45) is 0.499. The van der Waals surface area contributed by atoms with E-state index in [4.69, 9.17) is 0 Å². The van der Waals surface area contributed by atoms with Gasteiger partial charge in [0.25, 0.3) is 10.2 Å². The van der Waals surface area contributed by atoms with E-state index in [0.717, 1.165) is 0 Å². The van der Waals surface area contributed by atoms with E-state index in [1.165, 1.54) is 20.7 Å². The van der Waals surface area contributed by atoms with Crippen molar-refractivity contribution < 1.29 is 17.9 Å². The topological polar surface area (TPSA) is 60.9 Å². The molecule has 0 aromatic heterocycles. The van der Waals surface area contributed by atoms with E-state index < -0.39 is 16.3 Å². The molecule has 0 spiro atoms. The molecule has 7 heteroatoms. The molecule has 5 nitrogen and oxygen atoms in total. The SMILES string of the molecule is CCN(C)S(=O)(=O)N1CCC([C@H](O)c2ccc(F)cc2)CC1. The lowest BCUT2D eigenvalue weighted by molar-refractivity contribution is 0.0750. The van der Waals surface area contributed by atoms with Crippen LogP contribution in [0.25, 0.3) is 0 Å². The molecule has 0 unspecified atom stereocenters. The maximum absolute atomic E-state index is 12.9. The van der Waals surface area contributed by atoms with Gasteiger partial charge in [-0.25, -0.2) is 4.39 Å². The van der Waals surface area contributed by atoms with Crippen LogP contribution in [0.1, 0.15) is 31.4 Å². The van der Waals surface area contributed by atoms with Crippen LogP contribution in [-0.4, -0.2) is 48.8 Å².